The molecule has 6 heteroatoms. The Morgan fingerprint density at radius 1 is 1.12 bits per heavy atom. The maximum atomic E-state index is 11.5. The van der Waals surface area contributed by atoms with E-state index in [1.165, 1.54) is 19.3 Å². The molecular formula is C11H22N4O2. The fraction of sp³-hybridized carbons (Fsp3) is 0.818. The van der Waals surface area contributed by atoms with Crippen molar-refractivity contribution in [3.63, 3.8) is 0 Å². The van der Waals surface area contributed by atoms with Crippen molar-refractivity contribution in [2.24, 2.45) is 5.73 Å². The summed E-state index contributed by atoms with van der Waals surface area (Å²) in [5, 5.41) is 8.00. The molecule has 0 aromatic rings. The van der Waals surface area contributed by atoms with Crippen LogP contribution in [-0.4, -0.2) is 37.6 Å². The van der Waals surface area contributed by atoms with Gasteiger partial charge in [0.25, 0.3) is 0 Å². The SMILES string of the molecule is NCCNC(=O)CNC(=O)NC1CCCCC1. The number of carbonyl (C=O) groups is 2. The minimum atomic E-state index is -0.264. The molecule has 0 aromatic carbocycles. The summed E-state index contributed by atoms with van der Waals surface area (Å²) in [6.45, 7) is 0.837. The lowest BCUT2D eigenvalue weighted by atomic mass is 9.96. The van der Waals surface area contributed by atoms with E-state index in [4.69, 9.17) is 5.73 Å². The molecular weight excluding hydrogens is 220 g/mol. The fourth-order valence-corrected chi connectivity index (χ4v) is 1.92. The molecule has 0 aliphatic heterocycles. The van der Waals surface area contributed by atoms with E-state index in [1.807, 2.05) is 0 Å². The maximum absolute atomic E-state index is 11.5. The van der Waals surface area contributed by atoms with E-state index >= 15 is 0 Å². The first-order valence-electron chi connectivity index (χ1n) is 6.23. The molecule has 0 bridgehead atoms. The summed E-state index contributed by atoms with van der Waals surface area (Å²) in [4.78, 5) is 22.7. The van der Waals surface area contributed by atoms with Gasteiger partial charge in [-0.1, -0.05) is 19.3 Å². The van der Waals surface area contributed by atoms with Gasteiger partial charge in [-0.25, -0.2) is 4.79 Å². The quantitative estimate of drug-likeness (QED) is 0.532. The second-order valence-electron chi connectivity index (χ2n) is 4.30. The zero-order chi connectivity index (χ0) is 12.5. The number of nitrogens with two attached hydrogens (primary N) is 1. The third-order valence-electron chi connectivity index (χ3n) is 2.82. The Kier molecular flexibility index (Phi) is 6.39. The minimum Gasteiger partial charge on any atom is -0.353 e. The number of urea groups is 1. The summed E-state index contributed by atoms with van der Waals surface area (Å²) >= 11 is 0. The molecule has 0 saturated heterocycles. The number of carbonyl (C=O) groups excluding carboxylic acids is 2. The van der Waals surface area contributed by atoms with Crippen LogP contribution in [0.5, 0.6) is 0 Å². The van der Waals surface area contributed by atoms with Gasteiger partial charge < -0.3 is 21.7 Å². The van der Waals surface area contributed by atoms with Crippen LogP contribution in [0.15, 0.2) is 0 Å². The molecule has 3 amide bonds. The van der Waals surface area contributed by atoms with Crippen LogP contribution in [0.4, 0.5) is 4.79 Å². The highest BCUT2D eigenvalue weighted by molar-refractivity contribution is 5.83. The minimum absolute atomic E-state index is 0.00144. The molecule has 1 rings (SSSR count). The Labute approximate surface area is 102 Å². The van der Waals surface area contributed by atoms with Gasteiger partial charge in [-0.05, 0) is 12.8 Å². The predicted octanol–water partition coefficient (Wildman–Crippen LogP) is -0.307. The molecule has 0 aromatic heterocycles. The van der Waals surface area contributed by atoms with Gasteiger partial charge in [0.15, 0.2) is 0 Å². The lowest BCUT2D eigenvalue weighted by molar-refractivity contribution is -0.120. The lowest BCUT2D eigenvalue weighted by Crippen LogP contribution is -2.46. The molecule has 0 spiro atoms. The number of nitrogens with one attached hydrogen (secondary N) is 3. The van der Waals surface area contributed by atoms with Crippen LogP contribution in [0.1, 0.15) is 32.1 Å². The van der Waals surface area contributed by atoms with E-state index in [0.717, 1.165) is 12.8 Å². The van der Waals surface area contributed by atoms with Crippen molar-refractivity contribution in [3.8, 4) is 0 Å². The van der Waals surface area contributed by atoms with Crippen molar-refractivity contribution >= 4 is 11.9 Å². The van der Waals surface area contributed by atoms with Crippen LogP contribution in [0.3, 0.4) is 0 Å². The Hall–Kier alpha value is -1.30. The van der Waals surface area contributed by atoms with E-state index in [9.17, 15) is 9.59 Å². The van der Waals surface area contributed by atoms with Crippen LogP contribution in [0.2, 0.25) is 0 Å². The number of rotatable bonds is 5. The smallest absolute Gasteiger partial charge is 0.315 e. The molecule has 0 radical (unpaired) electrons. The third kappa shape index (κ3) is 6.11. The van der Waals surface area contributed by atoms with Gasteiger partial charge >= 0.3 is 6.03 Å². The van der Waals surface area contributed by atoms with E-state index in [0.29, 0.717) is 13.1 Å². The first-order chi connectivity index (χ1) is 8.22. The Morgan fingerprint density at radius 3 is 2.47 bits per heavy atom. The molecule has 1 aliphatic carbocycles. The third-order valence-corrected chi connectivity index (χ3v) is 2.82. The van der Waals surface area contributed by atoms with Gasteiger partial charge in [-0.3, -0.25) is 4.79 Å². The molecule has 0 unspecified atom stereocenters. The summed E-state index contributed by atoms with van der Waals surface area (Å²) in [7, 11) is 0. The number of hydrogen-bond acceptors (Lipinski definition) is 3. The average Bonchev–Trinajstić information content (AvgIpc) is 2.35. The Bertz CT molecular complexity index is 252. The molecule has 17 heavy (non-hydrogen) atoms. The van der Waals surface area contributed by atoms with E-state index in [2.05, 4.69) is 16.0 Å². The highest BCUT2D eigenvalue weighted by Crippen LogP contribution is 2.16. The van der Waals surface area contributed by atoms with Crippen molar-refractivity contribution in [1.82, 2.24) is 16.0 Å². The predicted molar refractivity (Wildman–Crippen MR) is 65.5 cm³/mol. The van der Waals surface area contributed by atoms with Gasteiger partial charge in [-0.15, -0.1) is 0 Å². The molecule has 1 fully saturated rings. The zero-order valence-electron chi connectivity index (χ0n) is 10.1. The maximum Gasteiger partial charge on any atom is 0.315 e. The average molecular weight is 242 g/mol. The molecule has 1 aliphatic rings. The standard InChI is InChI=1S/C11H22N4O2/c12-6-7-13-10(16)8-14-11(17)15-9-4-2-1-3-5-9/h9H,1-8,12H2,(H,13,16)(H2,14,15,17). The molecule has 0 heterocycles. The van der Waals surface area contributed by atoms with Gasteiger partial charge in [0, 0.05) is 19.1 Å². The summed E-state index contributed by atoms with van der Waals surface area (Å²) in [5.74, 6) is -0.214. The van der Waals surface area contributed by atoms with Crippen LogP contribution in [0.25, 0.3) is 0 Å². The van der Waals surface area contributed by atoms with Gasteiger partial charge in [0.05, 0.1) is 6.54 Å². The molecule has 5 N–H and O–H groups in total. The highest BCUT2D eigenvalue weighted by atomic mass is 16.2. The van der Waals surface area contributed by atoms with E-state index < -0.39 is 0 Å². The topological polar surface area (TPSA) is 96.2 Å². The largest absolute Gasteiger partial charge is 0.353 e. The van der Waals surface area contributed by atoms with Crippen molar-refractivity contribution < 1.29 is 9.59 Å². The second kappa shape index (κ2) is 7.89. The second-order valence-corrected chi connectivity index (χ2v) is 4.30. The lowest BCUT2D eigenvalue weighted by Gasteiger charge is -2.22. The van der Waals surface area contributed by atoms with E-state index in [-0.39, 0.29) is 24.5 Å². The summed E-state index contributed by atoms with van der Waals surface area (Å²) in [5.41, 5.74) is 5.24. The van der Waals surface area contributed by atoms with Gasteiger partial charge in [0.2, 0.25) is 5.91 Å². The monoisotopic (exact) mass is 242 g/mol. The molecule has 6 nitrogen and oxygen atoms in total. The van der Waals surface area contributed by atoms with Crippen LogP contribution >= 0.6 is 0 Å². The van der Waals surface area contributed by atoms with Crippen molar-refractivity contribution in [3.05, 3.63) is 0 Å². The van der Waals surface area contributed by atoms with Crippen molar-refractivity contribution in [2.45, 2.75) is 38.1 Å². The summed E-state index contributed by atoms with van der Waals surface area (Å²) < 4.78 is 0. The first-order valence-corrected chi connectivity index (χ1v) is 6.23. The van der Waals surface area contributed by atoms with Crippen molar-refractivity contribution in [2.75, 3.05) is 19.6 Å². The van der Waals surface area contributed by atoms with E-state index in [1.54, 1.807) is 0 Å². The zero-order valence-corrected chi connectivity index (χ0v) is 10.1. The number of amides is 3. The Morgan fingerprint density at radius 2 is 1.82 bits per heavy atom. The molecule has 0 atom stereocenters. The summed E-state index contributed by atoms with van der Waals surface area (Å²) in [6, 6.07) is -0.00403. The fourth-order valence-electron chi connectivity index (χ4n) is 1.92. The first kappa shape index (κ1) is 13.8. The summed E-state index contributed by atoms with van der Waals surface area (Å²) in [6.07, 6.45) is 5.66. The highest BCUT2D eigenvalue weighted by Gasteiger charge is 2.15. The van der Waals surface area contributed by atoms with Gasteiger partial charge in [-0.2, -0.15) is 0 Å². The molecule has 1 saturated carbocycles. The van der Waals surface area contributed by atoms with Crippen LogP contribution < -0.4 is 21.7 Å². The van der Waals surface area contributed by atoms with Crippen molar-refractivity contribution in [1.29, 1.82) is 0 Å². The number of hydrogen-bond donors (Lipinski definition) is 4. The van der Waals surface area contributed by atoms with Crippen LogP contribution in [0, 0.1) is 0 Å². The van der Waals surface area contributed by atoms with Gasteiger partial charge in [0.1, 0.15) is 0 Å². The molecule has 98 valence electrons. The van der Waals surface area contributed by atoms with Crippen LogP contribution in [-0.2, 0) is 4.79 Å². The normalized spacial score (nSPS) is 16.3. The Balaban J connectivity index is 2.09.